The van der Waals surface area contributed by atoms with Gasteiger partial charge in [-0.3, -0.25) is 0 Å². The summed E-state index contributed by atoms with van der Waals surface area (Å²) in [5.74, 6) is -1.77. The van der Waals surface area contributed by atoms with Crippen molar-refractivity contribution in [2.75, 3.05) is 0 Å². The standard InChI is InChI=1S/C14H16O4/c1-9(2)7-12(14(17)18)8-10-3-5-11(6-4-10)13(15)16/h3-7,9H,8H2,1-2H3,(H,15,16)(H,17,18)/b12-7+. The van der Waals surface area contributed by atoms with Crippen LogP contribution in [0.25, 0.3) is 0 Å². The van der Waals surface area contributed by atoms with Gasteiger partial charge in [0.15, 0.2) is 0 Å². The molecule has 0 heterocycles. The van der Waals surface area contributed by atoms with E-state index in [1.165, 1.54) is 12.1 Å². The summed E-state index contributed by atoms with van der Waals surface area (Å²) in [6, 6.07) is 6.24. The number of carboxylic acid groups (broad SMARTS) is 2. The Morgan fingerprint density at radius 2 is 1.72 bits per heavy atom. The highest BCUT2D eigenvalue weighted by atomic mass is 16.4. The Kier molecular flexibility index (Phi) is 4.66. The zero-order valence-corrected chi connectivity index (χ0v) is 10.4. The van der Waals surface area contributed by atoms with Crippen LogP contribution in [0.2, 0.25) is 0 Å². The molecule has 0 amide bonds. The lowest BCUT2D eigenvalue weighted by molar-refractivity contribution is -0.132. The Morgan fingerprint density at radius 1 is 1.17 bits per heavy atom. The van der Waals surface area contributed by atoms with Crippen molar-refractivity contribution in [1.82, 2.24) is 0 Å². The molecule has 0 saturated carbocycles. The lowest BCUT2D eigenvalue weighted by Gasteiger charge is -2.05. The average molecular weight is 248 g/mol. The molecule has 0 bridgehead atoms. The lowest BCUT2D eigenvalue weighted by atomic mass is 10.0. The van der Waals surface area contributed by atoms with Crippen LogP contribution in [-0.4, -0.2) is 22.2 Å². The van der Waals surface area contributed by atoms with Crippen molar-refractivity contribution in [3.05, 3.63) is 47.0 Å². The van der Waals surface area contributed by atoms with Gasteiger partial charge in [0.05, 0.1) is 5.56 Å². The second-order valence-electron chi connectivity index (χ2n) is 4.42. The van der Waals surface area contributed by atoms with Crippen molar-refractivity contribution in [2.24, 2.45) is 5.92 Å². The van der Waals surface area contributed by atoms with E-state index in [1.54, 1.807) is 18.2 Å². The van der Waals surface area contributed by atoms with Crippen LogP contribution in [0.15, 0.2) is 35.9 Å². The summed E-state index contributed by atoms with van der Waals surface area (Å²) in [6.45, 7) is 3.83. The minimum Gasteiger partial charge on any atom is -0.478 e. The zero-order valence-electron chi connectivity index (χ0n) is 10.4. The predicted octanol–water partition coefficient (Wildman–Crippen LogP) is 2.59. The molecule has 1 aromatic rings. The molecule has 1 rings (SSSR count). The number of carbonyl (C=O) groups is 2. The largest absolute Gasteiger partial charge is 0.478 e. The molecule has 18 heavy (non-hydrogen) atoms. The number of hydrogen-bond donors (Lipinski definition) is 2. The quantitative estimate of drug-likeness (QED) is 0.785. The molecule has 1 aromatic carbocycles. The summed E-state index contributed by atoms with van der Waals surface area (Å²) < 4.78 is 0. The van der Waals surface area contributed by atoms with Gasteiger partial charge in [-0.05, 0) is 23.6 Å². The molecule has 4 heteroatoms. The van der Waals surface area contributed by atoms with E-state index in [2.05, 4.69) is 0 Å². The Balaban J connectivity index is 2.88. The smallest absolute Gasteiger partial charge is 0.335 e. The van der Waals surface area contributed by atoms with Gasteiger partial charge in [-0.15, -0.1) is 0 Å². The summed E-state index contributed by atoms with van der Waals surface area (Å²) in [7, 11) is 0. The van der Waals surface area contributed by atoms with Crippen molar-refractivity contribution in [3.63, 3.8) is 0 Å². The van der Waals surface area contributed by atoms with E-state index in [0.717, 1.165) is 5.56 Å². The fourth-order valence-corrected chi connectivity index (χ4v) is 1.59. The number of hydrogen-bond acceptors (Lipinski definition) is 2. The van der Waals surface area contributed by atoms with Crippen LogP contribution in [0, 0.1) is 5.92 Å². The van der Waals surface area contributed by atoms with Crippen LogP contribution in [0.4, 0.5) is 0 Å². The van der Waals surface area contributed by atoms with Crippen molar-refractivity contribution in [2.45, 2.75) is 20.3 Å². The van der Waals surface area contributed by atoms with Crippen molar-refractivity contribution in [3.8, 4) is 0 Å². The van der Waals surface area contributed by atoms with Crippen LogP contribution < -0.4 is 0 Å². The molecule has 0 aliphatic heterocycles. The number of aliphatic carboxylic acids is 1. The first-order valence-corrected chi connectivity index (χ1v) is 5.66. The summed E-state index contributed by atoms with van der Waals surface area (Å²) >= 11 is 0. The van der Waals surface area contributed by atoms with Gasteiger partial charge in [0, 0.05) is 12.0 Å². The normalized spacial score (nSPS) is 11.6. The SMILES string of the molecule is CC(C)/C=C(\Cc1ccc(C(=O)O)cc1)C(=O)O. The Labute approximate surface area is 106 Å². The highest BCUT2D eigenvalue weighted by Gasteiger charge is 2.10. The molecule has 0 unspecified atom stereocenters. The van der Waals surface area contributed by atoms with Gasteiger partial charge in [0.1, 0.15) is 0 Å². The van der Waals surface area contributed by atoms with E-state index < -0.39 is 11.9 Å². The molecular weight excluding hydrogens is 232 g/mol. The molecule has 0 aliphatic carbocycles. The lowest BCUT2D eigenvalue weighted by Crippen LogP contribution is -2.06. The van der Waals surface area contributed by atoms with Crippen molar-refractivity contribution < 1.29 is 19.8 Å². The average Bonchev–Trinajstić information content (AvgIpc) is 2.28. The molecule has 0 aromatic heterocycles. The number of benzene rings is 1. The van der Waals surface area contributed by atoms with E-state index in [-0.39, 0.29) is 11.5 Å². The Bertz CT molecular complexity index is 469. The van der Waals surface area contributed by atoms with Gasteiger partial charge in [-0.2, -0.15) is 0 Å². The highest BCUT2D eigenvalue weighted by Crippen LogP contribution is 2.12. The molecule has 0 aliphatic rings. The molecular formula is C14H16O4. The molecule has 0 saturated heterocycles. The van der Waals surface area contributed by atoms with E-state index in [0.29, 0.717) is 12.0 Å². The molecule has 0 atom stereocenters. The van der Waals surface area contributed by atoms with Gasteiger partial charge >= 0.3 is 11.9 Å². The second kappa shape index (κ2) is 6.00. The van der Waals surface area contributed by atoms with Crippen LogP contribution in [0.3, 0.4) is 0 Å². The summed E-state index contributed by atoms with van der Waals surface area (Å²) in [6.07, 6.45) is 2.00. The van der Waals surface area contributed by atoms with Crippen LogP contribution in [0.5, 0.6) is 0 Å². The molecule has 0 radical (unpaired) electrons. The third-order valence-corrected chi connectivity index (χ3v) is 2.40. The first-order valence-electron chi connectivity index (χ1n) is 5.66. The van der Waals surface area contributed by atoms with Crippen molar-refractivity contribution >= 4 is 11.9 Å². The van der Waals surface area contributed by atoms with Crippen LogP contribution in [0.1, 0.15) is 29.8 Å². The molecule has 0 spiro atoms. The maximum atomic E-state index is 11.1. The number of rotatable bonds is 5. The first-order chi connectivity index (χ1) is 8.40. The van der Waals surface area contributed by atoms with E-state index in [1.807, 2.05) is 13.8 Å². The van der Waals surface area contributed by atoms with Gasteiger partial charge in [-0.25, -0.2) is 9.59 Å². The summed E-state index contributed by atoms with van der Waals surface area (Å²) in [5.41, 5.74) is 1.31. The monoisotopic (exact) mass is 248 g/mol. The van der Waals surface area contributed by atoms with Gasteiger partial charge in [0.2, 0.25) is 0 Å². The van der Waals surface area contributed by atoms with E-state index >= 15 is 0 Å². The first kappa shape index (κ1) is 14.0. The molecule has 4 nitrogen and oxygen atoms in total. The van der Waals surface area contributed by atoms with E-state index in [4.69, 9.17) is 10.2 Å². The van der Waals surface area contributed by atoms with Crippen LogP contribution in [-0.2, 0) is 11.2 Å². The minimum atomic E-state index is -0.988. The van der Waals surface area contributed by atoms with Crippen LogP contribution >= 0.6 is 0 Å². The Morgan fingerprint density at radius 3 is 2.11 bits per heavy atom. The number of carboxylic acids is 2. The fraction of sp³-hybridized carbons (Fsp3) is 0.286. The highest BCUT2D eigenvalue weighted by molar-refractivity contribution is 5.88. The molecule has 0 fully saturated rings. The number of aromatic carboxylic acids is 1. The van der Waals surface area contributed by atoms with Gasteiger partial charge in [0.25, 0.3) is 0 Å². The van der Waals surface area contributed by atoms with E-state index in [9.17, 15) is 9.59 Å². The third-order valence-electron chi connectivity index (χ3n) is 2.40. The minimum absolute atomic E-state index is 0.161. The van der Waals surface area contributed by atoms with Gasteiger partial charge in [-0.1, -0.05) is 32.1 Å². The fourth-order valence-electron chi connectivity index (χ4n) is 1.59. The zero-order chi connectivity index (χ0) is 13.7. The topological polar surface area (TPSA) is 74.6 Å². The number of allylic oxidation sites excluding steroid dienone is 1. The maximum Gasteiger partial charge on any atom is 0.335 e. The van der Waals surface area contributed by atoms with Crippen molar-refractivity contribution in [1.29, 1.82) is 0 Å². The molecule has 2 N–H and O–H groups in total. The predicted molar refractivity (Wildman–Crippen MR) is 67.7 cm³/mol. The second-order valence-corrected chi connectivity index (χ2v) is 4.42. The Hall–Kier alpha value is -2.10. The third kappa shape index (κ3) is 4.05. The molecule has 96 valence electrons. The summed E-state index contributed by atoms with van der Waals surface area (Å²) in [4.78, 5) is 21.7. The maximum absolute atomic E-state index is 11.1. The van der Waals surface area contributed by atoms with Gasteiger partial charge < -0.3 is 10.2 Å². The summed E-state index contributed by atoms with van der Waals surface area (Å²) in [5, 5.41) is 17.8.